The van der Waals surface area contributed by atoms with E-state index in [0.29, 0.717) is 17.6 Å². The van der Waals surface area contributed by atoms with E-state index in [0.717, 1.165) is 12.8 Å². The molecule has 18 heavy (non-hydrogen) atoms. The molecule has 1 aromatic rings. The number of carbonyl (C=O) groups is 1. The first-order valence-corrected chi connectivity index (χ1v) is 6.13. The SMILES string of the molecule is CC1([N+]([O-])=Cc2ccccc2F)CCCCC1=O. The van der Waals surface area contributed by atoms with E-state index in [1.807, 2.05) is 0 Å². The Morgan fingerprint density at radius 1 is 1.39 bits per heavy atom. The summed E-state index contributed by atoms with van der Waals surface area (Å²) in [6.07, 6.45) is 3.83. The minimum atomic E-state index is -1.04. The van der Waals surface area contributed by atoms with Crippen LogP contribution >= 0.6 is 0 Å². The number of hydrogen-bond donors (Lipinski definition) is 0. The molecule has 3 nitrogen and oxygen atoms in total. The lowest BCUT2D eigenvalue weighted by atomic mass is 9.82. The molecule has 1 fully saturated rings. The molecule has 1 unspecified atom stereocenters. The predicted molar refractivity (Wildman–Crippen MR) is 67.1 cm³/mol. The van der Waals surface area contributed by atoms with Crippen molar-refractivity contribution in [3.05, 3.63) is 40.9 Å². The van der Waals surface area contributed by atoms with E-state index in [4.69, 9.17) is 0 Å². The smallest absolute Gasteiger partial charge is 0.227 e. The average Bonchev–Trinajstić information content (AvgIpc) is 2.36. The highest BCUT2D eigenvalue weighted by Crippen LogP contribution is 2.27. The maximum Gasteiger partial charge on any atom is 0.227 e. The number of halogens is 1. The van der Waals surface area contributed by atoms with Gasteiger partial charge >= 0.3 is 0 Å². The molecule has 1 aromatic carbocycles. The van der Waals surface area contributed by atoms with E-state index in [2.05, 4.69) is 0 Å². The van der Waals surface area contributed by atoms with Crippen LogP contribution in [-0.4, -0.2) is 22.3 Å². The second-order valence-corrected chi connectivity index (χ2v) is 4.88. The van der Waals surface area contributed by atoms with E-state index >= 15 is 0 Å². The molecule has 2 rings (SSSR count). The third-order valence-corrected chi connectivity index (χ3v) is 3.57. The summed E-state index contributed by atoms with van der Waals surface area (Å²) in [5, 5.41) is 12.1. The van der Waals surface area contributed by atoms with Gasteiger partial charge in [0.25, 0.3) is 0 Å². The number of carbonyl (C=O) groups excluding carboxylic acids is 1. The lowest BCUT2D eigenvalue weighted by Gasteiger charge is -2.30. The van der Waals surface area contributed by atoms with Gasteiger partial charge in [0, 0.05) is 19.8 Å². The molecular formula is C14H16FNO2. The van der Waals surface area contributed by atoms with Crippen LogP contribution in [0.3, 0.4) is 0 Å². The van der Waals surface area contributed by atoms with Crippen LogP contribution in [0.25, 0.3) is 0 Å². The number of ketones is 1. The second-order valence-electron chi connectivity index (χ2n) is 4.88. The summed E-state index contributed by atoms with van der Waals surface area (Å²) in [4.78, 5) is 11.9. The molecule has 0 N–H and O–H groups in total. The fourth-order valence-corrected chi connectivity index (χ4v) is 2.25. The second kappa shape index (κ2) is 4.88. The highest BCUT2D eigenvalue weighted by molar-refractivity contribution is 5.88. The van der Waals surface area contributed by atoms with Gasteiger partial charge in [-0.25, -0.2) is 4.39 Å². The monoisotopic (exact) mass is 249 g/mol. The van der Waals surface area contributed by atoms with Crippen LogP contribution in [0.1, 0.15) is 38.2 Å². The van der Waals surface area contributed by atoms with Crippen molar-refractivity contribution in [2.24, 2.45) is 0 Å². The minimum Gasteiger partial charge on any atom is -0.623 e. The molecular weight excluding hydrogens is 233 g/mol. The van der Waals surface area contributed by atoms with Gasteiger partial charge in [0.05, 0.1) is 5.56 Å². The number of benzene rings is 1. The summed E-state index contributed by atoms with van der Waals surface area (Å²) in [6.45, 7) is 1.64. The topological polar surface area (TPSA) is 43.1 Å². The van der Waals surface area contributed by atoms with Gasteiger partial charge in [-0.2, -0.15) is 4.74 Å². The van der Waals surface area contributed by atoms with Gasteiger partial charge in [0.2, 0.25) is 11.3 Å². The normalized spacial score (nSPS) is 25.2. The summed E-state index contributed by atoms with van der Waals surface area (Å²) in [5.74, 6) is -0.512. The lowest BCUT2D eigenvalue weighted by Crippen LogP contribution is -2.47. The molecule has 1 aliphatic carbocycles. The third-order valence-electron chi connectivity index (χ3n) is 3.57. The summed E-state index contributed by atoms with van der Waals surface area (Å²) >= 11 is 0. The Kier molecular flexibility index (Phi) is 3.45. The molecule has 0 bridgehead atoms. The van der Waals surface area contributed by atoms with Crippen molar-refractivity contribution >= 4 is 12.0 Å². The van der Waals surface area contributed by atoms with Crippen molar-refractivity contribution in [3.63, 3.8) is 0 Å². The maximum atomic E-state index is 13.5. The Morgan fingerprint density at radius 2 is 2.11 bits per heavy atom. The van der Waals surface area contributed by atoms with Crippen LogP contribution in [0.5, 0.6) is 0 Å². The Hall–Kier alpha value is -1.71. The minimum absolute atomic E-state index is 0.0589. The number of hydroxylamine groups is 1. The van der Waals surface area contributed by atoms with Crippen LogP contribution in [0.4, 0.5) is 4.39 Å². The average molecular weight is 249 g/mol. The fraction of sp³-hybridized carbons (Fsp3) is 0.429. The largest absolute Gasteiger partial charge is 0.623 e. The van der Waals surface area contributed by atoms with Crippen LogP contribution in [-0.2, 0) is 4.79 Å². The molecule has 0 aliphatic heterocycles. The maximum absolute atomic E-state index is 13.5. The first kappa shape index (κ1) is 12.7. The summed E-state index contributed by atoms with van der Waals surface area (Å²) in [7, 11) is 0. The number of hydrogen-bond acceptors (Lipinski definition) is 2. The Bertz CT molecular complexity index is 498. The first-order valence-electron chi connectivity index (χ1n) is 6.13. The molecule has 0 saturated heterocycles. The zero-order valence-electron chi connectivity index (χ0n) is 10.4. The molecule has 0 aromatic heterocycles. The summed E-state index contributed by atoms with van der Waals surface area (Å²) < 4.78 is 14.1. The standard InChI is InChI=1S/C14H16FNO2/c1-14(9-5-4-8-13(14)17)16(18)10-11-6-2-3-7-12(11)15/h2-3,6-7,10H,4-5,8-9H2,1H3. The number of rotatable bonds is 2. The van der Waals surface area contributed by atoms with Gasteiger partial charge in [-0.05, 0) is 25.0 Å². The van der Waals surface area contributed by atoms with Crippen molar-refractivity contribution in [1.29, 1.82) is 0 Å². The molecule has 4 heteroatoms. The van der Waals surface area contributed by atoms with Crippen LogP contribution in [0.15, 0.2) is 24.3 Å². The van der Waals surface area contributed by atoms with Gasteiger partial charge in [-0.3, -0.25) is 4.79 Å². The van der Waals surface area contributed by atoms with E-state index in [1.165, 1.54) is 18.3 Å². The van der Waals surface area contributed by atoms with E-state index < -0.39 is 11.4 Å². The van der Waals surface area contributed by atoms with Crippen LogP contribution in [0, 0.1) is 11.0 Å². The van der Waals surface area contributed by atoms with Crippen molar-refractivity contribution in [3.8, 4) is 0 Å². The van der Waals surface area contributed by atoms with Gasteiger partial charge in [-0.1, -0.05) is 12.1 Å². The quantitative estimate of drug-likeness (QED) is 0.350. The van der Waals surface area contributed by atoms with Gasteiger partial charge in [0.15, 0.2) is 6.21 Å². The van der Waals surface area contributed by atoms with E-state index in [9.17, 15) is 14.4 Å². The predicted octanol–water partition coefficient (Wildman–Crippen LogP) is 2.66. The van der Waals surface area contributed by atoms with Crippen molar-refractivity contribution in [2.75, 3.05) is 0 Å². The molecule has 0 amide bonds. The zero-order valence-corrected chi connectivity index (χ0v) is 10.4. The van der Waals surface area contributed by atoms with Gasteiger partial charge in [0.1, 0.15) is 5.82 Å². The van der Waals surface area contributed by atoms with Crippen LogP contribution < -0.4 is 0 Å². The molecule has 0 spiro atoms. The van der Waals surface area contributed by atoms with Crippen LogP contribution in [0.2, 0.25) is 0 Å². The Balaban J connectivity index is 2.33. The number of Topliss-reactive ketones (excluding diaryl/α,β-unsaturated/α-hetero) is 1. The van der Waals surface area contributed by atoms with Crippen molar-refractivity contribution < 1.29 is 13.9 Å². The Morgan fingerprint density at radius 3 is 2.78 bits per heavy atom. The Labute approximate surface area is 106 Å². The molecule has 0 heterocycles. The third kappa shape index (κ3) is 2.28. The van der Waals surface area contributed by atoms with Crippen molar-refractivity contribution in [1.82, 2.24) is 0 Å². The first-order chi connectivity index (χ1) is 8.54. The molecule has 0 radical (unpaired) electrons. The van der Waals surface area contributed by atoms with Gasteiger partial charge < -0.3 is 5.21 Å². The lowest BCUT2D eigenvalue weighted by molar-refractivity contribution is -0.525. The highest BCUT2D eigenvalue weighted by atomic mass is 19.1. The fourth-order valence-electron chi connectivity index (χ4n) is 2.25. The van der Waals surface area contributed by atoms with E-state index in [-0.39, 0.29) is 11.3 Å². The highest BCUT2D eigenvalue weighted by Gasteiger charge is 2.42. The van der Waals surface area contributed by atoms with Gasteiger partial charge in [-0.15, -0.1) is 0 Å². The molecule has 1 aliphatic rings. The molecule has 1 saturated carbocycles. The number of nitrogens with zero attached hydrogens (tertiary/aromatic N) is 1. The molecule has 1 atom stereocenters. The summed E-state index contributed by atoms with van der Waals surface area (Å²) in [6, 6.07) is 6.05. The zero-order chi connectivity index (χ0) is 13.2. The molecule has 96 valence electrons. The summed E-state index contributed by atoms with van der Waals surface area (Å²) in [5.41, 5.74) is -0.826. The van der Waals surface area contributed by atoms with E-state index in [1.54, 1.807) is 19.1 Å². The van der Waals surface area contributed by atoms with Crippen molar-refractivity contribution in [2.45, 2.75) is 38.1 Å².